The first-order valence-electron chi connectivity index (χ1n) is 8.78. The lowest BCUT2D eigenvalue weighted by atomic mass is 9.95. The average Bonchev–Trinajstić information content (AvgIpc) is 2.74. The van der Waals surface area contributed by atoms with Crippen LogP contribution in [0.4, 0.5) is 11.4 Å². The monoisotopic (exact) mass is 454 g/mol. The summed E-state index contributed by atoms with van der Waals surface area (Å²) in [6.45, 7) is 6.83. The Morgan fingerprint density at radius 2 is 1.76 bits per heavy atom. The number of sulfonamides is 1. The van der Waals surface area contributed by atoms with E-state index in [1.165, 1.54) is 18.2 Å². The summed E-state index contributed by atoms with van der Waals surface area (Å²) in [5, 5.41) is 3.22. The molecule has 2 aromatic rings. The highest BCUT2D eigenvalue weighted by atomic mass is 35.5. The molecule has 1 fully saturated rings. The molecular formula is C20H20Cl2N2O4S. The van der Waals surface area contributed by atoms with Crippen LogP contribution in [0.5, 0.6) is 0 Å². The van der Waals surface area contributed by atoms with Crippen LogP contribution in [0, 0.1) is 19.3 Å². The van der Waals surface area contributed by atoms with Gasteiger partial charge in [-0.15, -0.1) is 0 Å². The summed E-state index contributed by atoms with van der Waals surface area (Å²) in [7, 11) is -3.84. The van der Waals surface area contributed by atoms with Crippen LogP contribution in [0.15, 0.2) is 30.3 Å². The van der Waals surface area contributed by atoms with Crippen molar-refractivity contribution in [3.63, 3.8) is 0 Å². The third-order valence-electron chi connectivity index (χ3n) is 4.68. The molecule has 3 rings (SSSR count). The fraction of sp³-hybridized carbons (Fsp3) is 0.300. The van der Waals surface area contributed by atoms with E-state index in [1.807, 2.05) is 19.9 Å². The van der Waals surface area contributed by atoms with E-state index < -0.39 is 27.3 Å². The van der Waals surface area contributed by atoms with Gasteiger partial charge >= 0.3 is 0 Å². The molecule has 2 aromatic carbocycles. The number of hydrogen-bond acceptors (Lipinski definition) is 4. The maximum Gasteiger partial charge on any atom is 0.257 e. The van der Waals surface area contributed by atoms with Gasteiger partial charge in [0.2, 0.25) is 15.9 Å². The zero-order valence-electron chi connectivity index (χ0n) is 16.3. The van der Waals surface area contributed by atoms with Crippen LogP contribution in [0.2, 0.25) is 10.0 Å². The molecule has 2 amide bonds. The van der Waals surface area contributed by atoms with E-state index in [2.05, 4.69) is 5.32 Å². The third kappa shape index (κ3) is 3.99. The Kier molecular flexibility index (Phi) is 5.45. The minimum atomic E-state index is -3.84. The first-order valence-corrected chi connectivity index (χ1v) is 11.1. The molecule has 0 bridgehead atoms. The van der Waals surface area contributed by atoms with Crippen molar-refractivity contribution in [1.29, 1.82) is 0 Å². The molecule has 29 heavy (non-hydrogen) atoms. The van der Waals surface area contributed by atoms with Crippen molar-refractivity contribution >= 4 is 56.4 Å². The maximum atomic E-state index is 12.9. The van der Waals surface area contributed by atoms with Gasteiger partial charge < -0.3 is 5.32 Å². The number of aryl methyl sites for hydroxylation is 2. The molecule has 1 saturated heterocycles. The molecular weight excluding hydrogens is 435 g/mol. The predicted octanol–water partition coefficient (Wildman–Crippen LogP) is 4.57. The van der Waals surface area contributed by atoms with E-state index in [9.17, 15) is 18.0 Å². The number of hydrogen-bond donors (Lipinski definition) is 1. The molecule has 0 radical (unpaired) electrons. The topological polar surface area (TPSA) is 83.6 Å². The number of nitrogens with zero attached hydrogens (tertiary/aromatic N) is 1. The zero-order valence-corrected chi connectivity index (χ0v) is 18.7. The fourth-order valence-corrected chi connectivity index (χ4v) is 6.00. The Morgan fingerprint density at radius 1 is 1.10 bits per heavy atom. The summed E-state index contributed by atoms with van der Waals surface area (Å²) in [5.74, 6) is -1.42. The standard InChI is InChI=1S/C20H20Cl2N2O4S/c1-11-7-12(2)17(16(22)8-11)23-18(25)14-9-13(5-6-15(14)21)24-19(26)20(3,4)10-29(24,27)28/h5-9H,10H2,1-4H3,(H,23,25). The molecule has 0 aliphatic carbocycles. The van der Waals surface area contributed by atoms with Crippen molar-refractivity contribution in [1.82, 2.24) is 0 Å². The number of benzene rings is 2. The molecule has 6 nitrogen and oxygen atoms in total. The first kappa shape index (κ1) is 21.6. The van der Waals surface area contributed by atoms with Gasteiger partial charge in [0.25, 0.3) is 5.91 Å². The maximum absolute atomic E-state index is 12.9. The van der Waals surface area contributed by atoms with Gasteiger partial charge in [-0.2, -0.15) is 0 Å². The highest BCUT2D eigenvalue weighted by molar-refractivity contribution is 7.94. The lowest BCUT2D eigenvalue weighted by Crippen LogP contribution is -2.33. The van der Waals surface area contributed by atoms with E-state index in [4.69, 9.17) is 23.2 Å². The van der Waals surface area contributed by atoms with Crippen molar-refractivity contribution < 1.29 is 18.0 Å². The summed E-state index contributed by atoms with van der Waals surface area (Å²) < 4.78 is 25.8. The summed E-state index contributed by atoms with van der Waals surface area (Å²) in [6.07, 6.45) is 0. The normalized spacial score (nSPS) is 17.4. The Labute approximate surface area is 179 Å². The molecule has 0 saturated carbocycles. The quantitative estimate of drug-likeness (QED) is 0.735. The number of rotatable bonds is 3. The third-order valence-corrected chi connectivity index (χ3v) is 7.33. The van der Waals surface area contributed by atoms with Gasteiger partial charge in [-0.1, -0.05) is 29.3 Å². The molecule has 1 aliphatic rings. The first-order chi connectivity index (χ1) is 13.3. The van der Waals surface area contributed by atoms with Gasteiger partial charge in [0.15, 0.2) is 0 Å². The van der Waals surface area contributed by atoms with Crippen molar-refractivity contribution in [2.75, 3.05) is 15.4 Å². The molecule has 0 unspecified atom stereocenters. The average molecular weight is 455 g/mol. The van der Waals surface area contributed by atoms with Crippen molar-refractivity contribution in [2.45, 2.75) is 27.7 Å². The van der Waals surface area contributed by atoms with Crippen LogP contribution in [-0.2, 0) is 14.8 Å². The highest BCUT2D eigenvalue weighted by Crippen LogP contribution is 2.37. The summed E-state index contributed by atoms with van der Waals surface area (Å²) in [6, 6.07) is 7.69. The highest BCUT2D eigenvalue weighted by Gasteiger charge is 2.50. The number of halogens is 2. The lowest BCUT2D eigenvalue weighted by Gasteiger charge is -2.19. The number of nitrogens with one attached hydrogen (secondary N) is 1. The number of amides is 2. The molecule has 0 spiro atoms. The predicted molar refractivity (Wildman–Crippen MR) is 115 cm³/mol. The molecule has 1 aliphatic heterocycles. The van der Waals surface area contributed by atoms with Crippen LogP contribution in [0.25, 0.3) is 0 Å². The van der Waals surface area contributed by atoms with E-state index in [0.717, 1.165) is 15.4 Å². The number of anilines is 2. The van der Waals surface area contributed by atoms with Gasteiger partial charge in [-0.3, -0.25) is 9.59 Å². The molecule has 0 atom stereocenters. The van der Waals surface area contributed by atoms with Gasteiger partial charge in [-0.25, -0.2) is 12.7 Å². The Balaban J connectivity index is 2.01. The Bertz CT molecular complexity index is 1120. The van der Waals surface area contributed by atoms with E-state index >= 15 is 0 Å². The zero-order chi connectivity index (χ0) is 21.7. The van der Waals surface area contributed by atoms with Crippen molar-refractivity contribution in [3.05, 3.63) is 57.1 Å². The Hall–Kier alpha value is -2.09. The molecule has 154 valence electrons. The van der Waals surface area contributed by atoms with Crippen LogP contribution in [0.3, 0.4) is 0 Å². The molecule has 9 heteroatoms. The molecule has 1 N–H and O–H groups in total. The van der Waals surface area contributed by atoms with Crippen LogP contribution in [0.1, 0.15) is 35.3 Å². The molecule has 1 heterocycles. The van der Waals surface area contributed by atoms with Crippen LogP contribution >= 0.6 is 23.2 Å². The smallest absolute Gasteiger partial charge is 0.257 e. The van der Waals surface area contributed by atoms with E-state index in [-0.39, 0.29) is 22.0 Å². The second-order valence-corrected chi connectivity index (χ2v) is 10.4. The second-order valence-electron chi connectivity index (χ2n) is 7.77. The van der Waals surface area contributed by atoms with Gasteiger partial charge in [0.1, 0.15) is 0 Å². The van der Waals surface area contributed by atoms with Crippen LogP contribution in [-0.4, -0.2) is 26.0 Å². The summed E-state index contributed by atoms with van der Waals surface area (Å²) in [5.41, 5.74) is 1.22. The summed E-state index contributed by atoms with van der Waals surface area (Å²) in [4.78, 5) is 25.5. The number of carbonyl (C=O) groups is 2. The second kappa shape index (κ2) is 7.31. The SMILES string of the molecule is Cc1cc(C)c(NC(=O)c2cc(N3C(=O)C(C)(C)CS3(=O)=O)ccc2Cl)c(Cl)c1. The Morgan fingerprint density at radius 3 is 2.31 bits per heavy atom. The minimum Gasteiger partial charge on any atom is -0.320 e. The van der Waals surface area contributed by atoms with Gasteiger partial charge in [-0.05, 0) is 63.1 Å². The fourth-order valence-electron chi connectivity index (χ4n) is 3.33. The number of carbonyl (C=O) groups excluding carboxylic acids is 2. The minimum absolute atomic E-state index is 0.0351. The van der Waals surface area contributed by atoms with E-state index in [1.54, 1.807) is 19.9 Å². The van der Waals surface area contributed by atoms with Crippen molar-refractivity contribution in [3.8, 4) is 0 Å². The van der Waals surface area contributed by atoms with Gasteiger partial charge in [0.05, 0.1) is 38.2 Å². The van der Waals surface area contributed by atoms with Gasteiger partial charge in [0, 0.05) is 0 Å². The van der Waals surface area contributed by atoms with Crippen LogP contribution < -0.4 is 9.62 Å². The summed E-state index contributed by atoms with van der Waals surface area (Å²) >= 11 is 12.4. The van der Waals surface area contributed by atoms with E-state index in [0.29, 0.717) is 10.7 Å². The molecule has 0 aromatic heterocycles. The van der Waals surface area contributed by atoms with Crippen molar-refractivity contribution in [2.24, 2.45) is 5.41 Å². The lowest BCUT2D eigenvalue weighted by molar-refractivity contribution is -0.123. The largest absolute Gasteiger partial charge is 0.320 e.